The molecule has 33 heavy (non-hydrogen) atoms. The van der Waals surface area contributed by atoms with Crippen LogP contribution in [-0.2, 0) is 16.1 Å². The van der Waals surface area contributed by atoms with Gasteiger partial charge in [-0.15, -0.1) is 0 Å². The van der Waals surface area contributed by atoms with E-state index in [9.17, 15) is 9.59 Å². The van der Waals surface area contributed by atoms with Gasteiger partial charge in [0.25, 0.3) is 11.8 Å². The van der Waals surface area contributed by atoms with Gasteiger partial charge < -0.3 is 19.8 Å². The number of imide groups is 1. The molecule has 168 valence electrons. The summed E-state index contributed by atoms with van der Waals surface area (Å²) in [4.78, 5) is 31.4. The first-order valence-electron chi connectivity index (χ1n) is 11.1. The van der Waals surface area contributed by atoms with Crippen molar-refractivity contribution in [2.24, 2.45) is 0 Å². The maximum absolute atomic E-state index is 13.1. The fraction of sp³-hybridized carbons (Fsp3) is 0.231. The molecule has 0 fully saturated rings. The van der Waals surface area contributed by atoms with Crippen LogP contribution in [0.15, 0.2) is 54.9 Å². The van der Waals surface area contributed by atoms with E-state index in [1.807, 2.05) is 69.9 Å². The molecular weight excluding hydrogens is 414 g/mol. The number of aryl methyl sites for hydroxylation is 1. The molecule has 0 spiro atoms. The predicted octanol–water partition coefficient (Wildman–Crippen LogP) is 3.37. The van der Waals surface area contributed by atoms with E-state index in [0.29, 0.717) is 11.1 Å². The van der Waals surface area contributed by atoms with Gasteiger partial charge in [0, 0.05) is 60.4 Å². The smallest absolute Gasteiger partial charge is 0.259 e. The number of nitrogens with one attached hydrogen (secondary N) is 3. The molecule has 4 aromatic rings. The molecule has 2 aromatic carbocycles. The number of para-hydroxylation sites is 2. The summed E-state index contributed by atoms with van der Waals surface area (Å²) in [6.07, 6.45) is 4.78. The Kier molecular flexibility index (Phi) is 5.26. The molecule has 0 saturated heterocycles. The number of hydrogen-bond acceptors (Lipinski definition) is 4. The summed E-state index contributed by atoms with van der Waals surface area (Å²) in [5.41, 5.74) is 5.43. The number of carbonyl (C=O) groups excluding carboxylic acids is 2. The number of hydrogen-bond donors (Lipinski definition) is 3. The van der Waals surface area contributed by atoms with E-state index in [1.165, 1.54) is 0 Å². The second kappa shape index (κ2) is 8.26. The average Bonchev–Trinajstić information content (AvgIpc) is 3.46. The van der Waals surface area contributed by atoms with E-state index in [-0.39, 0.29) is 11.8 Å². The molecule has 3 heterocycles. The Labute approximate surface area is 192 Å². The van der Waals surface area contributed by atoms with Crippen molar-refractivity contribution in [3.8, 4) is 0 Å². The lowest BCUT2D eigenvalue weighted by Gasteiger charge is -2.16. The second-order valence-corrected chi connectivity index (χ2v) is 8.54. The van der Waals surface area contributed by atoms with E-state index in [4.69, 9.17) is 0 Å². The highest BCUT2D eigenvalue weighted by molar-refractivity contribution is 6.50. The largest absolute Gasteiger partial charge is 0.376 e. The maximum Gasteiger partial charge on any atom is 0.259 e. The molecule has 0 radical (unpaired) electrons. The summed E-state index contributed by atoms with van der Waals surface area (Å²) >= 11 is 0. The lowest BCUT2D eigenvalue weighted by atomic mass is 9.95. The Morgan fingerprint density at radius 1 is 0.939 bits per heavy atom. The minimum absolute atomic E-state index is 0.357. The van der Waals surface area contributed by atoms with Crippen LogP contribution in [0, 0.1) is 0 Å². The third-order valence-electron chi connectivity index (χ3n) is 6.24. The van der Waals surface area contributed by atoms with Crippen molar-refractivity contribution < 1.29 is 9.59 Å². The van der Waals surface area contributed by atoms with Gasteiger partial charge in [-0.05, 0) is 32.1 Å². The number of benzene rings is 2. The number of aromatic amines is 1. The molecule has 1 aliphatic rings. The Morgan fingerprint density at radius 2 is 1.67 bits per heavy atom. The van der Waals surface area contributed by atoms with E-state index < -0.39 is 0 Å². The van der Waals surface area contributed by atoms with Crippen molar-refractivity contribution in [2.75, 3.05) is 32.6 Å². The zero-order valence-corrected chi connectivity index (χ0v) is 19.0. The van der Waals surface area contributed by atoms with Crippen molar-refractivity contribution in [3.05, 3.63) is 66.0 Å². The fourth-order valence-electron chi connectivity index (χ4n) is 4.75. The average molecular weight is 442 g/mol. The van der Waals surface area contributed by atoms with Crippen molar-refractivity contribution in [2.45, 2.75) is 13.0 Å². The fourth-order valence-corrected chi connectivity index (χ4v) is 4.75. The Morgan fingerprint density at radius 3 is 2.42 bits per heavy atom. The molecule has 5 rings (SSSR count). The second-order valence-electron chi connectivity index (χ2n) is 8.54. The Hall–Kier alpha value is -3.84. The van der Waals surface area contributed by atoms with E-state index in [2.05, 4.69) is 31.2 Å². The van der Waals surface area contributed by atoms with E-state index in [0.717, 1.165) is 58.1 Å². The van der Waals surface area contributed by atoms with Crippen LogP contribution < -0.4 is 15.5 Å². The normalized spacial score (nSPS) is 14.0. The maximum atomic E-state index is 13.1. The Balaban J connectivity index is 1.78. The van der Waals surface area contributed by atoms with Gasteiger partial charge in [0.15, 0.2) is 0 Å². The standard InChI is InChI=1S/C26H27N5O2/c1-27-12-7-13-31-15-19(17-9-6-11-21(24(17)31)30(2)3)23-22(25(32)29-26(23)33)18-14-28-20-10-5-4-8-16(18)20/h4-6,8-11,14-15,27-28H,7,12-13H2,1-3H3,(H,29,32,33). The summed E-state index contributed by atoms with van der Waals surface area (Å²) in [7, 11) is 5.97. The number of nitrogens with zero attached hydrogens (tertiary/aromatic N) is 2. The topological polar surface area (TPSA) is 82.2 Å². The molecule has 2 aromatic heterocycles. The van der Waals surface area contributed by atoms with E-state index in [1.54, 1.807) is 0 Å². The third-order valence-corrected chi connectivity index (χ3v) is 6.24. The van der Waals surface area contributed by atoms with Crippen molar-refractivity contribution in [3.63, 3.8) is 0 Å². The first-order chi connectivity index (χ1) is 16.0. The third kappa shape index (κ3) is 3.41. The summed E-state index contributed by atoms with van der Waals surface area (Å²) in [6.45, 7) is 1.69. The highest BCUT2D eigenvalue weighted by atomic mass is 16.2. The van der Waals surface area contributed by atoms with Crippen molar-refractivity contribution in [1.29, 1.82) is 0 Å². The summed E-state index contributed by atoms with van der Waals surface area (Å²) in [5.74, 6) is -0.718. The van der Waals surface area contributed by atoms with Crippen LogP contribution in [0.2, 0.25) is 0 Å². The minimum Gasteiger partial charge on any atom is -0.376 e. The first kappa shape index (κ1) is 21.0. The van der Waals surface area contributed by atoms with Gasteiger partial charge in [-0.1, -0.05) is 30.3 Å². The number of aromatic nitrogens is 2. The monoisotopic (exact) mass is 441 g/mol. The quantitative estimate of drug-likeness (QED) is 0.303. The zero-order chi connectivity index (χ0) is 23.1. The molecular formula is C26H27N5O2. The number of fused-ring (bicyclic) bond motifs is 2. The number of carbonyl (C=O) groups is 2. The molecule has 7 heteroatoms. The molecule has 2 amide bonds. The van der Waals surface area contributed by atoms with Crippen LogP contribution in [0.3, 0.4) is 0 Å². The van der Waals surface area contributed by atoms with Crippen molar-refractivity contribution >= 4 is 50.5 Å². The molecule has 0 saturated carbocycles. The van der Waals surface area contributed by atoms with Gasteiger partial charge in [0.05, 0.1) is 22.4 Å². The van der Waals surface area contributed by atoms with Crippen LogP contribution in [0.4, 0.5) is 5.69 Å². The summed E-state index contributed by atoms with van der Waals surface area (Å²) < 4.78 is 2.20. The molecule has 3 N–H and O–H groups in total. The van der Waals surface area contributed by atoms with Crippen LogP contribution in [0.5, 0.6) is 0 Å². The SMILES string of the molecule is CNCCCn1cc(C2=C(c3c[nH]c4ccccc34)C(=O)NC2=O)c2cccc(N(C)C)c21. The molecule has 0 atom stereocenters. The lowest BCUT2D eigenvalue weighted by molar-refractivity contribution is -0.122. The van der Waals surface area contributed by atoms with Gasteiger partial charge in [0.2, 0.25) is 0 Å². The van der Waals surface area contributed by atoms with E-state index >= 15 is 0 Å². The molecule has 0 bridgehead atoms. The van der Waals surface area contributed by atoms with Crippen LogP contribution in [-0.4, -0.2) is 49.1 Å². The molecule has 7 nitrogen and oxygen atoms in total. The van der Waals surface area contributed by atoms with Gasteiger partial charge in [-0.25, -0.2) is 0 Å². The predicted molar refractivity (Wildman–Crippen MR) is 133 cm³/mol. The molecule has 0 aliphatic carbocycles. The van der Waals surface area contributed by atoms with Gasteiger partial charge >= 0.3 is 0 Å². The minimum atomic E-state index is -0.361. The Bertz CT molecular complexity index is 1420. The number of H-pyrrole nitrogens is 1. The van der Waals surface area contributed by atoms with Gasteiger partial charge in [-0.3, -0.25) is 14.9 Å². The van der Waals surface area contributed by atoms with Crippen LogP contribution >= 0.6 is 0 Å². The van der Waals surface area contributed by atoms with Gasteiger partial charge in [-0.2, -0.15) is 0 Å². The van der Waals surface area contributed by atoms with Crippen molar-refractivity contribution in [1.82, 2.24) is 20.2 Å². The molecule has 1 aliphatic heterocycles. The summed E-state index contributed by atoms with van der Waals surface area (Å²) in [5, 5.41) is 7.61. The van der Waals surface area contributed by atoms with Crippen LogP contribution in [0.25, 0.3) is 33.0 Å². The summed E-state index contributed by atoms with van der Waals surface area (Å²) in [6, 6.07) is 13.9. The zero-order valence-electron chi connectivity index (χ0n) is 19.0. The molecule has 0 unspecified atom stereocenters. The van der Waals surface area contributed by atoms with Gasteiger partial charge in [0.1, 0.15) is 0 Å². The highest BCUT2D eigenvalue weighted by Crippen LogP contribution is 2.40. The number of rotatable bonds is 7. The lowest BCUT2D eigenvalue weighted by Crippen LogP contribution is -2.22. The highest BCUT2D eigenvalue weighted by Gasteiger charge is 2.35. The number of anilines is 1. The first-order valence-corrected chi connectivity index (χ1v) is 11.1. The number of amides is 2. The van der Waals surface area contributed by atoms with Crippen LogP contribution in [0.1, 0.15) is 17.5 Å².